The third-order valence-electron chi connectivity index (χ3n) is 12.1. The van der Waals surface area contributed by atoms with Crippen LogP contribution < -0.4 is 0 Å². The van der Waals surface area contributed by atoms with E-state index >= 15 is 0 Å². The van der Waals surface area contributed by atoms with E-state index in [1.807, 2.05) is 0 Å². The van der Waals surface area contributed by atoms with Crippen molar-refractivity contribution in [3.05, 3.63) is 134 Å². The summed E-state index contributed by atoms with van der Waals surface area (Å²) in [6.45, 7) is 6.39. The van der Waals surface area contributed by atoms with Gasteiger partial charge >= 0.3 is 17.9 Å². The minimum atomic E-state index is -0.804. The van der Waals surface area contributed by atoms with Crippen LogP contribution in [0.3, 0.4) is 0 Å². The predicted octanol–water partition coefficient (Wildman–Crippen LogP) is 20.2. The Kier molecular flexibility index (Phi) is 56.4. The highest BCUT2D eigenvalue weighted by Gasteiger charge is 2.19. The van der Waals surface area contributed by atoms with Crippen molar-refractivity contribution in [1.29, 1.82) is 0 Å². The van der Waals surface area contributed by atoms with Crippen molar-refractivity contribution in [3.8, 4) is 0 Å². The van der Waals surface area contributed by atoms with Gasteiger partial charge in [-0.2, -0.15) is 0 Å². The average molecular weight is 1010 g/mol. The Balaban J connectivity index is 4.37. The van der Waals surface area contributed by atoms with Crippen LogP contribution in [0.1, 0.15) is 252 Å². The molecule has 73 heavy (non-hydrogen) atoms. The van der Waals surface area contributed by atoms with Crippen LogP contribution in [-0.4, -0.2) is 37.2 Å². The maximum Gasteiger partial charge on any atom is 0.306 e. The second kappa shape index (κ2) is 60.1. The standard InChI is InChI=1S/C67H108O6/c1-4-7-10-13-16-19-22-25-26-27-28-29-30-31-32-33-34-35-36-37-38-39-40-43-45-48-51-54-57-60-66(69)72-63-64(73-67(70)61-58-55-52-49-46-42-24-21-18-15-12-9-6-3)62-71-65(68)59-56-53-50-47-44-41-23-20-17-14-11-8-5-2/h7,10,12,15-16,19-21,23-26,28-29,31-32,34-35,37-38,40,43,64H,4-6,8-9,11,13-14,17-18,22,27,30,33,36,39,41-42,44-63H2,1-3H3/b10-7-,15-12-,19-16-,23-20-,24-21-,26-25-,29-28-,32-31-,35-34-,38-37-,43-40-. The van der Waals surface area contributed by atoms with Gasteiger partial charge in [0.2, 0.25) is 0 Å². The smallest absolute Gasteiger partial charge is 0.306 e. The maximum atomic E-state index is 12.8. The Morgan fingerprint density at radius 1 is 0.288 bits per heavy atom. The van der Waals surface area contributed by atoms with Gasteiger partial charge in [0.15, 0.2) is 6.10 Å². The first-order valence-corrected chi connectivity index (χ1v) is 29.7. The minimum absolute atomic E-state index is 0.0999. The normalized spacial score (nSPS) is 13.1. The Morgan fingerprint density at radius 3 is 0.904 bits per heavy atom. The van der Waals surface area contributed by atoms with Crippen LogP contribution in [0.25, 0.3) is 0 Å². The topological polar surface area (TPSA) is 78.9 Å². The third-order valence-corrected chi connectivity index (χ3v) is 12.1. The highest BCUT2D eigenvalue weighted by atomic mass is 16.6. The molecule has 0 heterocycles. The van der Waals surface area contributed by atoms with Crippen LogP contribution in [0.15, 0.2) is 134 Å². The lowest BCUT2D eigenvalue weighted by Crippen LogP contribution is -2.30. The summed E-state index contributed by atoms with van der Waals surface area (Å²) in [4.78, 5) is 38.1. The molecule has 6 nitrogen and oxygen atoms in total. The summed E-state index contributed by atoms with van der Waals surface area (Å²) < 4.78 is 16.8. The molecule has 0 aromatic heterocycles. The first-order chi connectivity index (χ1) is 36.0. The Hall–Kier alpha value is -4.45. The number of unbranched alkanes of at least 4 members (excludes halogenated alkanes) is 19. The summed E-state index contributed by atoms with van der Waals surface area (Å²) in [6, 6.07) is 0. The number of hydrogen-bond donors (Lipinski definition) is 0. The zero-order valence-electron chi connectivity index (χ0n) is 47.1. The number of allylic oxidation sites excluding steroid dienone is 22. The number of carbonyl (C=O) groups is 3. The van der Waals surface area contributed by atoms with Crippen molar-refractivity contribution in [2.75, 3.05) is 13.2 Å². The van der Waals surface area contributed by atoms with E-state index in [1.165, 1.54) is 44.9 Å². The van der Waals surface area contributed by atoms with E-state index in [4.69, 9.17) is 14.2 Å². The Labute approximate surface area is 449 Å². The summed E-state index contributed by atoms with van der Waals surface area (Å²) >= 11 is 0. The molecule has 0 bridgehead atoms. The molecule has 0 saturated heterocycles. The van der Waals surface area contributed by atoms with E-state index in [0.717, 1.165) is 167 Å². The quantitative estimate of drug-likeness (QED) is 0.0261. The Morgan fingerprint density at radius 2 is 0.562 bits per heavy atom. The molecule has 0 aliphatic rings. The number of ether oxygens (including phenoxy) is 3. The fourth-order valence-electron chi connectivity index (χ4n) is 7.67. The van der Waals surface area contributed by atoms with Crippen LogP contribution in [0, 0.1) is 0 Å². The molecule has 0 amide bonds. The van der Waals surface area contributed by atoms with E-state index in [-0.39, 0.29) is 31.1 Å². The second-order valence-corrected chi connectivity index (χ2v) is 19.2. The van der Waals surface area contributed by atoms with Crippen molar-refractivity contribution in [1.82, 2.24) is 0 Å². The van der Waals surface area contributed by atoms with Gasteiger partial charge in [-0.05, 0) is 135 Å². The summed E-state index contributed by atoms with van der Waals surface area (Å²) in [7, 11) is 0. The van der Waals surface area contributed by atoms with Crippen LogP contribution in [0.4, 0.5) is 0 Å². The molecule has 0 aromatic rings. The number of esters is 3. The molecule has 0 aromatic carbocycles. The van der Waals surface area contributed by atoms with Crippen molar-refractivity contribution >= 4 is 17.9 Å². The highest BCUT2D eigenvalue weighted by molar-refractivity contribution is 5.71. The molecule has 1 atom stereocenters. The van der Waals surface area contributed by atoms with Gasteiger partial charge < -0.3 is 14.2 Å². The summed E-state index contributed by atoms with van der Waals surface area (Å²) in [6.07, 6.45) is 84.5. The molecule has 0 radical (unpaired) electrons. The SMILES string of the molecule is CC/C=C\C/C=C\C/C=C\C/C=C\C/C=C\C/C=C\C/C=C\C/C=C\CCCCCCC(=O)OCC(COC(=O)CCCCCCC/C=C\CCCCCC)OC(=O)CCCCCCC/C=C\C/C=C\CCC. The molecule has 0 aliphatic carbocycles. The van der Waals surface area contributed by atoms with Gasteiger partial charge in [-0.25, -0.2) is 0 Å². The number of rotatable bonds is 52. The van der Waals surface area contributed by atoms with Gasteiger partial charge in [-0.3, -0.25) is 14.4 Å². The lowest BCUT2D eigenvalue weighted by atomic mass is 10.1. The minimum Gasteiger partial charge on any atom is -0.462 e. The molecule has 0 spiro atoms. The monoisotopic (exact) mass is 1010 g/mol. The predicted molar refractivity (Wildman–Crippen MR) is 316 cm³/mol. The van der Waals surface area contributed by atoms with Gasteiger partial charge in [-0.15, -0.1) is 0 Å². The molecule has 6 heteroatoms. The van der Waals surface area contributed by atoms with Crippen LogP contribution in [0.2, 0.25) is 0 Å². The molecular formula is C67H108O6. The summed E-state index contributed by atoms with van der Waals surface area (Å²) in [5, 5.41) is 0. The van der Waals surface area contributed by atoms with Gasteiger partial charge in [0.1, 0.15) is 13.2 Å². The number of carbonyl (C=O) groups excluding carboxylic acids is 3. The third kappa shape index (κ3) is 58.3. The van der Waals surface area contributed by atoms with Gasteiger partial charge in [0.25, 0.3) is 0 Å². The molecule has 0 fully saturated rings. The fourth-order valence-corrected chi connectivity index (χ4v) is 7.67. The van der Waals surface area contributed by atoms with Crippen LogP contribution in [-0.2, 0) is 28.6 Å². The largest absolute Gasteiger partial charge is 0.462 e. The Bertz CT molecular complexity index is 1580. The van der Waals surface area contributed by atoms with E-state index in [2.05, 4.69) is 154 Å². The summed E-state index contributed by atoms with van der Waals surface area (Å²) in [5.74, 6) is -0.953. The zero-order chi connectivity index (χ0) is 52.9. The van der Waals surface area contributed by atoms with E-state index in [0.29, 0.717) is 19.3 Å². The first kappa shape index (κ1) is 68.6. The van der Waals surface area contributed by atoms with Crippen LogP contribution in [0.5, 0.6) is 0 Å². The van der Waals surface area contributed by atoms with Gasteiger partial charge in [-0.1, -0.05) is 231 Å². The molecular weight excluding hydrogens is 901 g/mol. The lowest BCUT2D eigenvalue weighted by Gasteiger charge is -2.18. The maximum absolute atomic E-state index is 12.8. The summed E-state index contributed by atoms with van der Waals surface area (Å²) in [5.41, 5.74) is 0. The fraction of sp³-hybridized carbons (Fsp3) is 0.627. The molecule has 0 rings (SSSR count). The molecule has 0 saturated carbocycles. The molecule has 412 valence electrons. The van der Waals surface area contributed by atoms with E-state index < -0.39 is 6.10 Å². The van der Waals surface area contributed by atoms with Crippen molar-refractivity contribution in [2.24, 2.45) is 0 Å². The lowest BCUT2D eigenvalue weighted by molar-refractivity contribution is -0.167. The first-order valence-electron chi connectivity index (χ1n) is 29.7. The molecule has 0 N–H and O–H groups in total. The zero-order valence-corrected chi connectivity index (χ0v) is 47.1. The average Bonchev–Trinajstić information content (AvgIpc) is 3.39. The van der Waals surface area contributed by atoms with Gasteiger partial charge in [0.05, 0.1) is 0 Å². The van der Waals surface area contributed by atoms with E-state index in [1.54, 1.807) is 0 Å². The van der Waals surface area contributed by atoms with Crippen molar-refractivity contribution in [2.45, 2.75) is 258 Å². The van der Waals surface area contributed by atoms with Crippen molar-refractivity contribution in [3.63, 3.8) is 0 Å². The van der Waals surface area contributed by atoms with E-state index in [9.17, 15) is 14.4 Å². The molecule has 0 aliphatic heterocycles. The highest BCUT2D eigenvalue weighted by Crippen LogP contribution is 2.13. The second-order valence-electron chi connectivity index (χ2n) is 19.2. The van der Waals surface area contributed by atoms with Crippen LogP contribution >= 0.6 is 0 Å². The van der Waals surface area contributed by atoms with Crippen molar-refractivity contribution < 1.29 is 28.6 Å². The van der Waals surface area contributed by atoms with Gasteiger partial charge in [0, 0.05) is 19.3 Å². The number of hydrogen-bond acceptors (Lipinski definition) is 6. The molecule has 1 unspecified atom stereocenters.